The summed E-state index contributed by atoms with van der Waals surface area (Å²) < 4.78 is 14.3. The second kappa shape index (κ2) is 4.39. The molecule has 6 nitrogen and oxygen atoms in total. The average molecular weight is 204 g/mol. The summed E-state index contributed by atoms with van der Waals surface area (Å²) in [5.41, 5.74) is 0. The minimum atomic E-state index is -1.07. The highest BCUT2D eigenvalue weighted by molar-refractivity contribution is 5.67. The van der Waals surface area contributed by atoms with Crippen molar-refractivity contribution in [3.8, 4) is 0 Å². The fourth-order valence-corrected chi connectivity index (χ4v) is 1.19. The van der Waals surface area contributed by atoms with Crippen molar-refractivity contribution in [3.63, 3.8) is 0 Å². The van der Waals surface area contributed by atoms with Gasteiger partial charge in [-0.1, -0.05) is 0 Å². The predicted octanol–water partition coefficient (Wildman–Crippen LogP) is -0.454. The first-order valence-electron chi connectivity index (χ1n) is 4.17. The van der Waals surface area contributed by atoms with Crippen LogP contribution in [0.25, 0.3) is 0 Å². The lowest BCUT2D eigenvalue weighted by Crippen LogP contribution is -2.30. The molecule has 0 aromatic heterocycles. The predicted molar refractivity (Wildman–Crippen MR) is 42.8 cm³/mol. The molecule has 1 aliphatic rings. The Morgan fingerprint density at radius 2 is 1.86 bits per heavy atom. The molecule has 1 saturated heterocycles. The summed E-state index contributed by atoms with van der Waals surface area (Å²) in [6.07, 6.45) is -2.70. The molecule has 0 saturated carbocycles. The lowest BCUT2D eigenvalue weighted by Gasteiger charge is -2.16. The first-order chi connectivity index (χ1) is 6.49. The maximum absolute atomic E-state index is 10.6. The second-order valence-electron chi connectivity index (χ2n) is 2.95. The van der Waals surface area contributed by atoms with Crippen LogP contribution in [0.3, 0.4) is 0 Å². The van der Waals surface area contributed by atoms with Gasteiger partial charge in [-0.05, 0) is 0 Å². The first kappa shape index (κ1) is 10.9. The van der Waals surface area contributed by atoms with Gasteiger partial charge in [-0.2, -0.15) is 0 Å². The van der Waals surface area contributed by atoms with Gasteiger partial charge in [0.25, 0.3) is 0 Å². The van der Waals surface area contributed by atoms with Crippen molar-refractivity contribution < 1.29 is 28.9 Å². The zero-order chi connectivity index (χ0) is 10.7. The molecule has 0 amide bonds. The van der Waals surface area contributed by atoms with Gasteiger partial charge in [0.2, 0.25) is 6.29 Å². The number of esters is 2. The summed E-state index contributed by atoms with van der Waals surface area (Å²) in [4.78, 5) is 21.3. The molecule has 1 fully saturated rings. The van der Waals surface area contributed by atoms with E-state index < -0.39 is 30.6 Å². The number of carbonyl (C=O) groups excluding carboxylic acids is 2. The molecule has 1 aliphatic heterocycles. The van der Waals surface area contributed by atoms with Crippen LogP contribution in [0, 0.1) is 0 Å². The largest absolute Gasteiger partial charge is 0.456 e. The van der Waals surface area contributed by atoms with Crippen molar-refractivity contribution in [1.29, 1.82) is 0 Å². The lowest BCUT2D eigenvalue weighted by molar-refractivity contribution is -0.210. The van der Waals surface area contributed by atoms with Crippen molar-refractivity contribution in [2.45, 2.75) is 39.0 Å². The van der Waals surface area contributed by atoms with Crippen LogP contribution in [0.4, 0.5) is 0 Å². The molecule has 0 aromatic carbocycles. The molecule has 3 atom stereocenters. The molecule has 0 aliphatic carbocycles. The van der Waals surface area contributed by atoms with Crippen LogP contribution in [0.1, 0.15) is 20.3 Å². The normalized spacial score (nSPS) is 31.2. The van der Waals surface area contributed by atoms with Gasteiger partial charge in [0.1, 0.15) is 0 Å². The van der Waals surface area contributed by atoms with Crippen LogP contribution in [0.5, 0.6) is 0 Å². The molecule has 1 N–H and O–H groups in total. The standard InChI is InChI=1S/C8H12O6/c1-4(9)12-6-3-7(11)14-8(6)13-5(2)10/h6-8,11H,3H2,1-2H3/t6-,7?,8-/m1/s1. The van der Waals surface area contributed by atoms with E-state index in [0.29, 0.717) is 0 Å². The van der Waals surface area contributed by atoms with Crippen LogP contribution >= 0.6 is 0 Å². The number of rotatable bonds is 2. The fourth-order valence-electron chi connectivity index (χ4n) is 1.19. The molecule has 1 unspecified atom stereocenters. The number of carbonyl (C=O) groups is 2. The van der Waals surface area contributed by atoms with E-state index in [2.05, 4.69) is 0 Å². The molecule has 14 heavy (non-hydrogen) atoms. The Kier molecular flexibility index (Phi) is 3.43. The highest BCUT2D eigenvalue weighted by Crippen LogP contribution is 2.22. The summed E-state index contributed by atoms with van der Waals surface area (Å²) in [5, 5.41) is 9.09. The third kappa shape index (κ3) is 2.97. The van der Waals surface area contributed by atoms with Gasteiger partial charge in [-0.15, -0.1) is 0 Å². The average Bonchev–Trinajstić information content (AvgIpc) is 2.28. The summed E-state index contributed by atoms with van der Waals surface area (Å²) in [7, 11) is 0. The molecule has 1 heterocycles. The van der Waals surface area contributed by atoms with Gasteiger partial charge in [0.05, 0.1) is 0 Å². The van der Waals surface area contributed by atoms with Crippen LogP contribution in [-0.4, -0.2) is 35.7 Å². The molecule has 0 radical (unpaired) electrons. The summed E-state index contributed by atoms with van der Waals surface area (Å²) >= 11 is 0. The zero-order valence-corrected chi connectivity index (χ0v) is 7.93. The van der Waals surface area contributed by atoms with Crippen LogP contribution in [-0.2, 0) is 23.8 Å². The molecule has 1 rings (SSSR count). The quantitative estimate of drug-likeness (QED) is 0.613. The highest BCUT2D eigenvalue weighted by atomic mass is 16.8. The second-order valence-corrected chi connectivity index (χ2v) is 2.95. The van der Waals surface area contributed by atoms with Gasteiger partial charge >= 0.3 is 11.9 Å². The van der Waals surface area contributed by atoms with E-state index in [0.717, 1.165) is 0 Å². The third-order valence-corrected chi connectivity index (χ3v) is 1.63. The Labute approximate surface area is 80.7 Å². The lowest BCUT2D eigenvalue weighted by atomic mass is 10.3. The smallest absolute Gasteiger partial charge is 0.305 e. The summed E-state index contributed by atoms with van der Waals surface area (Å²) in [6, 6.07) is 0. The van der Waals surface area contributed by atoms with E-state index in [1.807, 2.05) is 0 Å². The maximum atomic E-state index is 10.6. The Balaban J connectivity index is 2.53. The molecule has 0 bridgehead atoms. The van der Waals surface area contributed by atoms with Crippen LogP contribution in [0.15, 0.2) is 0 Å². The van der Waals surface area contributed by atoms with Crippen LogP contribution < -0.4 is 0 Å². The van der Waals surface area contributed by atoms with Crippen molar-refractivity contribution in [1.82, 2.24) is 0 Å². The van der Waals surface area contributed by atoms with Gasteiger partial charge in [0, 0.05) is 20.3 Å². The van der Waals surface area contributed by atoms with Crippen LogP contribution in [0.2, 0.25) is 0 Å². The van der Waals surface area contributed by atoms with Crippen molar-refractivity contribution in [2.24, 2.45) is 0 Å². The first-order valence-corrected chi connectivity index (χ1v) is 4.17. The van der Waals surface area contributed by atoms with Gasteiger partial charge in [0.15, 0.2) is 12.4 Å². The van der Waals surface area contributed by atoms with E-state index >= 15 is 0 Å². The SMILES string of the molecule is CC(=O)O[C@@H]1OC(O)C[C@H]1OC(C)=O. The molecule has 6 heteroatoms. The topological polar surface area (TPSA) is 82.1 Å². The molecular weight excluding hydrogens is 192 g/mol. The van der Waals surface area contributed by atoms with E-state index in [1.54, 1.807) is 0 Å². The Hall–Kier alpha value is -1.14. The number of aliphatic hydroxyl groups is 1. The Morgan fingerprint density at radius 3 is 2.36 bits per heavy atom. The Morgan fingerprint density at radius 1 is 1.29 bits per heavy atom. The van der Waals surface area contributed by atoms with E-state index in [4.69, 9.17) is 19.3 Å². The van der Waals surface area contributed by atoms with Gasteiger partial charge in [-0.3, -0.25) is 9.59 Å². The summed E-state index contributed by atoms with van der Waals surface area (Å²) in [6.45, 7) is 2.44. The summed E-state index contributed by atoms with van der Waals surface area (Å²) in [5.74, 6) is -1.06. The fraction of sp³-hybridized carbons (Fsp3) is 0.750. The molecule has 0 aromatic rings. The maximum Gasteiger partial charge on any atom is 0.305 e. The minimum Gasteiger partial charge on any atom is -0.456 e. The number of ether oxygens (including phenoxy) is 3. The van der Waals surface area contributed by atoms with Gasteiger partial charge in [-0.25, -0.2) is 0 Å². The van der Waals surface area contributed by atoms with Crippen molar-refractivity contribution in [2.75, 3.05) is 0 Å². The van der Waals surface area contributed by atoms with E-state index in [-0.39, 0.29) is 6.42 Å². The zero-order valence-electron chi connectivity index (χ0n) is 7.93. The van der Waals surface area contributed by atoms with E-state index in [1.165, 1.54) is 13.8 Å². The van der Waals surface area contributed by atoms with E-state index in [9.17, 15) is 9.59 Å². The van der Waals surface area contributed by atoms with Crippen molar-refractivity contribution >= 4 is 11.9 Å². The number of hydrogen-bond donors (Lipinski definition) is 1. The molecule has 0 spiro atoms. The monoisotopic (exact) mass is 204 g/mol. The number of hydrogen-bond acceptors (Lipinski definition) is 6. The third-order valence-electron chi connectivity index (χ3n) is 1.63. The number of aliphatic hydroxyl groups excluding tert-OH is 1. The minimum absolute atomic E-state index is 0.109. The van der Waals surface area contributed by atoms with Crippen molar-refractivity contribution in [3.05, 3.63) is 0 Å². The highest BCUT2D eigenvalue weighted by Gasteiger charge is 2.38. The molecule has 80 valence electrons. The Bertz CT molecular complexity index is 214. The molecular formula is C8H12O6. The van der Waals surface area contributed by atoms with Gasteiger partial charge < -0.3 is 19.3 Å².